The van der Waals surface area contributed by atoms with Crippen molar-refractivity contribution in [2.45, 2.75) is 25.6 Å². The molecule has 0 fully saturated rings. The second-order valence-electron chi connectivity index (χ2n) is 2.95. The van der Waals surface area contributed by atoms with Crippen LogP contribution in [0.3, 0.4) is 0 Å². The lowest BCUT2D eigenvalue weighted by atomic mass is 10.1. The Morgan fingerprint density at radius 2 is 2.14 bits per heavy atom. The largest absolute Gasteiger partial charge is 0.418 e. The van der Waals surface area contributed by atoms with Crippen LogP contribution in [0.5, 0.6) is 0 Å². The molecule has 0 saturated carbocycles. The van der Waals surface area contributed by atoms with Gasteiger partial charge in [-0.25, -0.2) is 0 Å². The van der Waals surface area contributed by atoms with Gasteiger partial charge in [0.2, 0.25) is 0 Å². The van der Waals surface area contributed by atoms with E-state index in [2.05, 4.69) is 4.98 Å². The summed E-state index contributed by atoms with van der Waals surface area (Å²) in [6.07, 6.45) is -2.63. The minimum Gasteiger partial charge on any atom is -0.323 e. The molecule has 1 rings (SSSR count). The fourth-order valence-electron chi connectivity index (χ4n) is 1.15. The maximum Gasteiger partial charge on any atom is 0.418 e. The zero-order chi connectivity index (χ0) is 10.8. The van der Waals surface area contributed by atoms with Crippen molar-refractivity contribution in [3.05, 3.63) is 29.6 Å². The summed E-state index contributed by atoms with van der Waals surface area (Å²) in [5, 5.41) is 0. The SMILES string of the molecule is CC[C@@H](N)c1ncccc1C(F)(F)F. The number of hydrogen-bond donors (Lipinski definition) is 1. The second kappa shape index (κ2) is 3.96. The summed E-state index contributed by atoms with van der Waals surface area (Å²) < 4.78 is 37.3. The van der Waals surface area contributed by atoms with Gasteiger partial charge in [0.15, 0.2) is 0 Å². The fraction of sp³-hybridized carbons (Fsp3) is 0.444. The molecule has 0 amide bonds. The van der Waals surface area contributed by atoms with Gasteiger partial charge in [-0.3, -0.25) is 4.98 Å². The lowest BCUT2D eigenvalue weighted by Crippen LogP contribution is -2.18. The number of nitrogens with two attached hydrogens (primary N) is 1. The van der Waals surface area contributed by atoms with E-state index in [0.29, 0.717) is 6.42 Å². The van der Waals surface area contributed by atoms with E-state index in [0.717, 1.165) is 6.07 Å². The third-order valence-corrected chi connectivity index (χ3v) is 1.93. The molecule has 0 aliphatic carbocycles. The van der Waals surface area contributed by atoms with Gasteiger partial charge in [0.25, 0.3) is 0 Å². The highest BCUT2D eigenvalue weighted by molar-refractivity contribution is 5.25. The van der Waals surface area contributed by atoms with Crippen LogP contribution in [0, 0.1) is 0 Å². The Labute approximate surface area is 79.9 Å². The highest BCUT2D eigenvalue weighted by atomic mass is 19.4. The van der Waals surface area contributed by atoms with E-state index in [4.69, 9.17) is 5.73 Å². The van der Waals surface area contributed by atoms with Gasteiger partial charge in [0.1, 0.15) is 0 Å². The van der Waals surface area contributed by atoms with Crippen molar-refractivity contribution in [2.75, 3.05) is 0 Å². The normalized spacial score (nSPS) is 14.1. The predicted octanol–water partition coefficient (Wildman–Crippen LogP) is 2.51. The van der Waals surface area contributed by atoms with Crippen LogP contribution >= 0.6 is 0 Å². The van der Waals surface area contributed by atoms with E-state index >= 15 is 0 Å². The first kappa shape index (κ1) is 11.0. The highest BCUT2D eigenvalue weighted by Crippen LogP contribution is 2.33. The smallest absolute Gasteiger partial charge is 0.323 e. The number of aromatic nitrogens is 1. The maximum absolute atomic E-state index is 12.4. The molecule has 0 bridgehead atoms. The van der Waals surface area contributed by atoms with E-state index in [-0.39, 0.29) is 5.69 Å². The zero-order valence-corrected chi connectivity index (χ0v) is 7.67. The molecular formula is C9H11F3N2. The Morgan fingerprint density at radius 1 is 1.50 bits per heavy atom. The number of alkyl halides is 3. The fourth-order valence-corrected chi connectivity index (χ4v) is 1.15. The van der Waals surface area contributed by atoms with Crippen molar-refractivity contribution in [1.29, 1.82) is 0 Å². The van der Waals surface area contributed by atoms with Crippen LogP contribution in [0.2, 0.25) is 0 Å². The summed E-state index contributed by atoms with van der Waals surface area (Å²) in [4.78, 5) is 3.67. The molecular weight excluding hydrogens is 193 g/mol. The van der Waals surface area contributed by atoms with E-state index in [1.54, 1.807) is 6.92 Å². The van der Waals surface area contributed by atoms with E-state index in [1.165, 1.54) is 12.3 Å². The summed E-state index contributed by atoms with van der Waals surface area (Å²) >= 11 is 0. The molecule has 2 nitrogen and oxygen atoms in total. The van der Waals surface area contributed by atoms with Crippen molar-refractivity contribution >= 4 is 0 Å². The molecule has 1 aromatic heterocycles. The van der Waals surface area contributed by atoms with Crippen molar-refractivity contribution < 1.29 is 13.2 Å². The quantitative estimate of drug-likeness (QED) is 0.803. The van der Waals surface area contributed by atoms with Crippen molar-refractivity contribution in [3.63, 3.8) is 0 Å². The third-order valence-electron chi connectivity index (χ3n) is 1.93. The molecule has 0 aliphatic heterocycles. The van der Waals surface area contributed by atoms with Crippen LogP contribution in [-0.2, 0) is 6.18 Å². The summed E-state index contributed by atoms with van der Waals surface area (Å²) in [6, 6.07) is 1.60. The molecule has 1 atom stereocenters. The Kier molecular flexibility index (Phi) is 3.10. The Morgan fingerprint density at radius 3 is 2.64 bits per heavy atom. The molecule has 2 N–H and O–H groups in total. The van der Waals surface area contributed by atoms with Crippen LogP contribution in [-0.4, -0.2) is 4.98 Å². The second-order valence-corrected chi connectivity index (χ2v) is 2.95. The van der Waals surface area contributed by atoms with Crippen LogP contribution in [0.4, 0.5) is 13.2 Å². The average Bonchev–Trinajstić information content (AvgIpc) is 2.15. The van der Waals surface area contributed by atoms with E-state index in [1.807, 2.05) is 0 Å². The van der Waals surface area contributed by atoms with Crippen LogP contribution in [0.25, 0.3) is 0 Å². The molecule has 0 spiro atoms. The molecule has 1 aromatic rings. The Balaban J connectivity index is 3.16. The van der Waals surface area contributed by atoms with Gasteiger partial charge in [-0.15, -0.1) is 0 Å². The minimum atomic E-state index is -4.38. The third kappa shape index (κ3) is 2.23. The van der Waals surface area contributed by atoms with E-state index < -0.39 is 17.8 Å². The topological polar surface area (TPSA) is 38.9 Å². The minimum absolute atomic E-state index is 0.0810. The molecule has 0 saturated heterocycles. The molecule has 0 aromatic carbocycles. The van der Waals surface area contributed by atoms with Gasteiger partial charge < -0.3 is 5.73 Å². The average molecular weight is 204 g/mol. The molecule has 78 valence electrons. The van der Waals surface area contributed by atoms with E-state index in [9.17, 15) is 13.2 Å². The van der Waals surface area contributed by atoms with Crippen molar-refractivity contribution in [3.8, 4) is 0 Å². The molecule has 0 unspecified atom stereocenters. The van der Waals surface area contributed by atoms with Gasteiger partial charge >= 0.3 is 6.18 Å². The maximum atomic E-state index is 12.4. The van der Waals surface area contributed by atoms with Gasteiger partial charge in [0.05, 0.1) is 11.3 Å². The molecule has 5 heteroatoms. The lowest BCUT2D eigenvalue weighted by Gasteiger charge is -2.15. The van der Waals surface area contributed by atoms with Crippen LogP contribution in [0.15, 0.2) is 18.3 Å². The highest BCUT2D eigenvalue weighted by Gasteiger charge is 2.34. The number of pyridine rings is 1. The first-order valence-electron chi connectivity index (χ1n) is 4.24. The van der Waals surface area contributed by atoms with Crippen molar-refractivity contribution in [2.24, 2.45) is 5.73 Å². The standard InChI is InChI=1S/C9H11F3N2/c1-2-7(13)8-6(9(10,11)12)4-3-5-14-8/h3-5,7H,2,13H2,1H3/t7-/m1/s1. The predicted molar refractivity (Wildman–Crippen MR) is 46.5 cm³/mol. The lowest BCUT2D eigenvalue weighted by molar-refractivity contribution is -0.138. The summed E-state index contributed by atoms with van der Waals surface area (Å²) in [5.41, 5.74) is 4.71. The number of nitrogens with zero attached hydrogens (tertiary/aromatic N) is 1. The van der Waals surface area contributed by atoms with Gasteiger partial charge in [-0.05, 0) is 18.6 Å². The number of halogens is 3. The van der Waals surface area contributed by atoms with Gasteiger partial charge in [-0.1, -0.05) is 6.92 Å². The monoisotopic (exact) mass is 204 g/mol. The first-order valence-corrected chi connectivity index (χ1v) is 4.24. The van der Waals surface area contributed by atoms with Gasteiger partial charge in [-0.2, -0.15) is 13.2 Å². The first-order chi connectivity index (χ1) is 6.46. The molecule has 14 heavy (non-hydrogen) atoms. The Hall–Kier alpha value is -1.10. The molecule has 1 heterocycles. The Bertz CT molecular complexity index is 309. The van der Waals surface area contributed by atoms with Gasteiger partial charge in [0, 0.05) is 12.2 Å². The van der Waals surface area contributed by atoms with Crippen LogP contribution < -0.4 is 5.73 Å². The zero-order valence-electron chi connectivity index (χ0n) is 7.67. The van der Waals surface area contributed by atoms with Crippen molar-refractivity contribution in [1.82, 2.24) is 4.98 Å². The van der Waals surface area contributed by atoms with Crippen LogP contribution in [0.1, 0.15) is 30.6 Å². The molecule has 0 aliphatic rings. The summed E-state index contributed by atoms with van der Waals surface area (Å²) in [6.45, 7) is 1.72. The summed E-state index contributed by atoms with van der Waals surface area (Å²) in [7, 11) is 0. The molecule has 0 radical (unpaired) electrons. The summed E-state index contributed by atoms with van der Waals surface area (Å²) in [5.74, 6) is 0. The number of rotatable bonds is 2. The number of hydrogen-bond acceptors (Lipinski definition) is 2.